The molecule has 0 N–H and O–H groups in total. The molecule has 1 aliphatic heterocycles. The molecule has 0 atom stereocenters. The number of rotatable bonds is 4. The summed E-state index contributed by atoms with van der Waals surface area (Å²) in [5.74, 6) is 0.938. The van der Waals surface area contributed by atoms with Gasteiger partial charge in [-0.15, -0.1) is 0 Å². The molecule has 0 saturated carbocycles. The smallest absolute Gasteiger partial charge is 0.255 e. The molecule has 3 aromatic rings. The Kier molecular flexibility index (Phi) is 5.43. The summed E-state index contributed by atoms with van der Waals surface area (Å²) >= 11 is 1.68. The maximum absolute atomic E-state index is 12.8. The first-order chi connectivity index (χ1) is 13.6. The highest BCUT2D eigenvalue weighted by atomic mass is 32.1. The van der Waals surface area contributed by atoms with E-state index >= 15 is 0 Å². The first-order valence-electron chi connectivity index (χ1n) is 9.63. The molecule has 0 bridgehead atoms. The molecule has 146 valence electrons. The Bertz CT molecular complexity index is 987. The average molecular weight is 397 g/mol. The zero-order chi connectivity index (χ0) is 19.5. The van der Waals surface area contributed by atoms with Gasteiger partial charge in [0.05, 0.1) is 22.4 Å². The number of carbonyl (C=O) groups is 1. The number of amides is 1. The van der Waals surface area contributed by atoms with Crippen molar-refractivity contribution in [3.63, 3.8) is 0 Å². The summed E-state index contributed by atoms with van der Waals surface area (Å²) in [6, 6.07) is 7.94. The number of fused-ring (bicyclic) bond motifs is 1. The zero-order valence-electron chi connectivity index (χ0n) is 16.2. The second-order valence-corrected chi connectivity index (χ2v) is 7.95. The first kappa shape index (κ1) is 18.7. The number of carbonyl (C=O) groups excluding carboxylic acids is 1. The van der Waals surface area contributed by atoms with Gasteiger partial charge in [-0.1, -0.05) is 11.3 Å². The molecule has 0 unspecified atom stereocenters. The van der Waals surface area contributed by atoms with Gasteiger partial charge in [0.25, 0.3) is 5.91 Å². The normalized spacial score (nSPS) is 14.9. The third-order valence-electron chi connectivity index (χ3n) is 4.84. The molecule has 3 heterocycles. The Morgan fingerprint density at radius 3 is 2.89 bits per heavy atom. The quantitative estimate of drug-likeness (QED) is 0.672. The number of hydrogen-bond donors (Lipinski definition) is 0. The molecule has 2 aromatic heterocycles. The van der Waals surface area contributed by atoms with Gasteiger partial charge in [0, 0.05) is 38.6 Å². The molecular formula is C21H24N4O2S. The Balaban J connectivity index is 1.48. The Morgan fingerprint density at radius 1 is 1.18 bits per heavy atom. The molecule has 0 radical (unpaired) electrons. The van der Waals surface area contributed by atoms with Crippen molar-refractivity contribution in [2.24, 2.45) is 0 Å². The van der Waals surface area contributed by atoms with E-state index in [-0.39, 0.29) is 5.91 Å². The van der Waals surface area contributed by atoms with Crippen molar-refractivity contribution in [3.05, 3.63) is 47.8 Å². The van der Waals surface area contributed by atoms with Crippen molar-refractivity contribution in [1.29, 1.82) is 0 Å². The summed E-state index contributed by atoms with van der Waals surface area (Å²) < 4.78 is 6.72. The zero-order valence-corrected chi connectivity index (χ0v) is 17.0. The number of nitrogens with zero attached hydrogens (tertiary/aromatic N) is 4. The van der Waals surface area contributed by atoms with Crippen molar-refractivity contribution in [2.75, 3.05) is 37.7 Å². The number of ether oxygens (including phenoxy) is 1. The van der Waals surface area contributed by atoms with Gasteiger partial charge in [0.1, 0.15) is 5.75 Å². The maximum Gasteiger partial charge on any atom is 0.255 e. The van der Waals surface area contributed by atoms with Crippen LogP contribution in [0.15, 0.2) is 36.7 Å². The Labute approximate surface area is 168 Å². The van der Waals surface area contributed by atoms with Gasteiger partial charge in [0.15, 0.2) is 5.13 Å². The van der Waals surface area contributed by atoms with Gasteiger partial charge >= 0.3 is 0 Å². The summed E-state index contributed by atoms with van der Waals surface area (Å²) in [4.78, 5) is 26.0. The number of aryl methyl sites for hydroxylation is 1. The largest absolute Gasteiger partial charge is 0.494 e. The number of hydrogen-bond acceptors (Lipinski definition) is 6. The molecule has 1 aromatic carbocycles. The minimum atomic E-state index is 0.0590. The van der Waals surface area contributed by atoms with Crippen molar-refractivity contribution in [1.82, 2.24) is 14.9 Å². The molecular weight excluding hydrogens is 372 g/mol. The van der Waals surface area contributed by atoms with E-state index in [2.05, 4.69) is 16.0 Å². The molecule has 6 nitrogen and oxygen atoms in total. The van der Waals surface area contributed by atoms with Crippen LogP contribution < -0.4 is 9.64 Å². The van der Waals surface area contributed by atoms with E-state index in [1.807, 2.05) is 36.9 Å². The topological polar surface area (TPSA) is 58.6 Å². The SMILES string of the molecule is CCOc1ccc2nc(N3CCCN(C(=O)c4cncc(C)c4)CC3)sc2c1. The second-order valence-electron chi connectivity index (χ2n) is 6.94. The fourth-order valence-corrected chi connectivity index (χ4v) is 4.50. The van der Waals surface area contributed by atoms with Crippen molar-refractivity contribution >= 4 is 32.6 Å². The van der Waals surface area contributed by atoms with E-state index in [9.17, 15) is 4.79 Å². The van der Waals surface area contributed by atoms with E-state index in [0.717, 1.165) is 52.7 Å². The van der Waals surface area contributed by atoms with E-state index in [0.29, 0.717) is 18.7 Å². The summed E-state index contributed by atoms with van der Waals surface area (Å²) in [6.45, 7) is 7.72. The molecule has 0 aliphatic carbocycles. The van der Waals surface area contributed by atoms with Crippen LogP contribution in [0.1, 0.15) is 29.3 Å². The summed E-state index contributed by atoms with van der Waals surface area (Å²) in [5.41, 5.74) is 2.66. The Morgan fingerprint density at radius 2 is 2.07 bits per heavy atom. The lowest BCUT2D eigenvalue weighted by Gasteiger charge is -2.21. The van der Waals surface area contributed by atoms with Gasteiger partial charge in [0.2, 0.25) is 0 Å². The summed E-state index contributed by atoms with van der Waals surface area (Å²) in [5, 5.41) is 1.01. The van der Waals surface area contributed by atoms with Crippen molar-refractivity contribution < 1.29 is 9.53 Å². The fourth-order valence-electron chi connectivity index (χ4n) is 3.45. The fraction of sp³-hybridized carbons (Fsp3) is 0.381. The van der Waals surface area contributed by atoms with Gasteiger partial charge < -0.3 is 14.5 Å². The van der Waals surface area contributed by atoms with Crippen LogP contribution in [0.4, 0.5) is 5.13 Å². The van der Waals surface area contributed by atoms with Crippen LogP contribution in [-0.2, 0) is 0 Å². The van der Waals surface area contributed by atoms with Crippen LogP contribution in [0.2, 0.25) is 0 Å². The Hall–Kier alpha value is -2.67. The van der Waals surface area contributed by atoms with Crippen LogP contribution in [0.5, 0.6) is 5.75 Å². The molecule has 1 fully saturated rings. The number of thiazole rings is 1. The van der Waals surface area contributed by atoms with Crippen molar-refractivity contribution in [3.8, 4) is 5.75 Å². The van der Waals surface area contributed by atoms with Gasteiger partial charge in [-0.2, -0.15) is 0 Å². The van der Waals surface area contributed by atoms with Gasteiger partial charge in [-0.3, -0.25) is 9.78 Å². The second kappa shape index (κ2) is 8.14. The molecule has 1 aliphatic rings. The van der Waals surface area contributed by atoms with Crippen LogP contribution in [-0.4, -0.2) is 53.6 Å². The number of benzene rings is 1. The number of pyridine rings is 1. The summed E-state index contributed by atoms with van der Waals surface area (Å²) in [6.07, 6.45) is 4.34. The van der Waals surface area contributed by atoms with E-state index in [1.165, 1.54) is 0 Å². The molecule has 4 rings (SSSR count). The number of aromatic nitrogens is 2. The van der Waals surface area contributed by atoms with Crippen LogP contribution >= 0.6 is 11.3 Å². The predicted octanol–water partition coefficient (Wildman–Crippen LogP) is 3.75. The van der Waals surface area contributed by atoms with Gasteiger partial charge in [-0.25, -0.2) is 4.98 Å². The highest BCUT2D eigenvalue weighted by molar-refractivity contribution is 7.22. The lowest BCUT2D eigenvalue weighted by Crippen LogP contribution is -2.35. The van der Waals surface area contributed by atoms with E-state index in [4.69, 9.17) is 9.72 Å². The average Bonchev–Trinajstić information content (AvgIpc) is 2.96. The standard InChI is InChI=1S/C21H24N4O2S/c1-3-27-17-5-6-18-19(12-17)28-21(23-18)25-8-4-7-24(9-10-25)20(26)16-11-15(2)13-22-14-16/h5-6,11-14H,3-4,7-10H2,1-2H3. The molecule has 28 heavy (non-hydrogen) atoms. The molecule has 1 saturated heterocycles. The molecule has 7 heteroatoms. The lowest BCUT2D eigenvalue weighted by atomic mass is 10.2. The highest BCUT2D eigenvalue weighted by Crippen LogP contribution is 2.32. The third-order valence-corrected chi connectivity index (χ3v) is 5.91. The summed E-state index contributed by atoms with van der Waals surface area (Å²) in [7, 11) is 0. The minimum Gasteiger partial charge on any atom is -0.494 e. The molecule has 1 amide bonds. The maximum atomic E-state index is 12.8. The van der Waals surface area contributed by atoms with Crippen molar-refractivity contribution in [2.45, 2.75) is 20.3 Å². The molecule has 0 spiro atoms. The highest BCUT2D eigenvalue weighted by Gasteiger charge is 2.22. The minimum absolute atomic E-state index is 0.0590. The van der Waals surface area contributed by atoms with Crippen LogP contribution in [0, 0.1) is 6.92 Å². The lowest BCUT2D eigenvalue weighted by molar-refractivity contribution is 0.0766. The van der Waals surface area contributed by atoms with Crippen LogP contribution in [0.25, 0.3) is 10.2 Å². The first-order valence-corrected chi connectivity index (χ1v) is 10.4. The van der Waals surface area contributed by atoms with Crippen LogP contribution in [0.3, 0.4) is 0 Å². The van der Waals surface area contributed by atoms with Gasteiger partial charge in [-0.05, 0) is 50.1 Å². The predicted molar refractivity (Wildman–Crippen MR) is 112 cm³/mol. The van der Waals surface area contributed by atoms with E-state index < -0.39 is 0 Å². The monoisotopic (exact) mass is 396 g/mol. The number of anilines is 1. The van der Waals surface area contributed by atoms with E-state index in [1.54, 1.807) is 23.7 Å². The third kappa shape index (κ3) is 3.94.